The monoisotopic (exact) mass is 367 g/mol. The molecule has 0 aliphatic heterocycles. The van der Waals surface area contributed by atoms with Crippen molar-refractivity contribution in [1.29, 1.82) is 0 Å². The summed E-state index contributed by atoms with van der Waals surface area (Å²) in [4.78, 5) is 25.6. The first-order chi connectivity index (χ1) is 13.7. The summed E-state index contributed by atoms with van der Waals surface area (Å²) in [7, 11) is 0. The van der Waals surface area contributed by atoms with Crippen LogP contribution in [-0.4, -0.2) is 26.6 Å². The fourth-order valence-electron chi connectivity index (χ4n) is 2.89. The van der Waals surface area contributed by atoms with Gasteiger partial charge in [-0.2, -0.15) is 5.10 Å². The summed E-state index contributed by atoms with van der Waals surface area (Å²) in [5.74, 6) is -0.290. The minimum atomic E-state index is -0.290. The zero-order valence-corrected chi connectivity index (χ0v) is 15.2. The van der Waals surface area contributed by atoms with Crippen LogP contribution in [0.4, 0.5) is 0 Å². The number of nitrogens with zero attached hydrogens (tertiary/aromatic N) is 4. The third kappa shape index (κ3) is 3.61. The summed E-state index contributed by atoms with van der Waals surface area (Å²) < 4.78 is 0. The van der Waals surface area contributed by atoms with E-state index in [0.717, 1.165) is 22.0 Å². The van der Waals surface area contributed by atoms with Crippen molar-refractivity contribution in [2.45, 2.75) is 6.92 Å². The Kier molecular flexibility index (Phi) is 4.84. The normalized spacial score (nSPS) is 11.4. The number of carbonyl (C=O) groups excluding carboxylic acids is 1. The molecule has 4 aromatic rings. The van der Waals surface area contributed by atoms with Gasteiger partial charge in [0, 0.05) is 41.3 Å². The Morgan fingerprint density at radius 2 is 1.61 bits per heavy atom. The van der Waals surface area contributed by atoms with Crippen LogP contribution in [0.1, 0.15) is 22.8 Å². The van der Waals surface area contributed by atoms with Crippen molar-refractivity contribution in [3.05, 3.63) is 90.5 Å². The number of pyridine rings is 3. The Balaban J connectivity index is 1.72. The van der Waals surface area contributed by atoms with Gasteiger partial charge in [-0.15, -0.1) is 0 Å². The number of fused-ring (bicyclic) bond motifs is 1. The molecule has 0 saturated carbocycles. The highest BCUT2D eigenvalue weighted by molar-refractivity contribution is 6.08. The number of hydrazone groups is 1. The topological polar surface area (TPSA) is 80.1 Å². The van der Waals surface area contributed by atoms with Crippen LogP contribution >= 0.6 is 0 Å². The Morgan fingerprint density at radius 1 is 0.929 bits per heavy atom. The van der Waals surface area contributed by atoms with Crippen LogP contribution < -0.4 is 5.43 Å². The zero-order chi connectivity index (χ0) is 19.3. The van der Waals surface area contributed by atoms with Crippen molar-refractivity contribution in [3.8, 4) is 11.3 Å². The number of aromatic nitrogens is 3. The molecule has 0 aliphatic rings. The lowest BCUT2D eigenvalue weighted by molar-refractivity contribution is 0.0956. The standard InChI is InChI=1S/C22H17N5O/c1-15(16-6-10-23-11-7-16)26-27-22(28)19-14-21(17-8-12-24-13-9-17)25-20-5-3-2-4-18(19)20/h2-14H,1H3,(H,27,28)/b26-15-. The number of carbonyl (C=O) groups is 1. The quantitative estimate of drug-likeness (QED) is 0.439. The molecule has 1 aromatic carbocycles. The van der Waals surface area contributed by atoms with Gasteiger partial charge in [-0.1, -0.05) is 18.2 Å². The van der Waals surface area contributed by atoms with Crippen LogP contribution in [0.15, 0.2) is 84.5 Å². The van der Waals surface area contributed by atoms with Crippen molar-refractivity contribution < 1.29 is 4.79 Å². The number of rotatable bonds is 4. The highest BCUT2D eigenvalue weighted by Gasteiger charge is 2.13. The van der Waals surface area contributed by atoms with Crippen molar-refractivity contribution >= 4 is 22.5 Å². The minimum Gasteiger partial charge on any atom is -0.267 e. The smallest absolute Gasteiger partial charge is 0.267 e. The van der Waals surface area contributed by atoms with Gasteiger partial charge in [0.1, 0.15) is 0 Å². The summed E-state index contributed by atoms with van der Waals surface area (Å²) >= 11 is 0. The maximum Gasteiger partial charge on any atom is 0.272 e. The fraction of sp³-hybridized carbons (Fsp3) is 0.0455. The maximum atomic E-state index is 12.9. The summed E-state index contributed by atoms with van der Waals surface area (Å²) in [6.45, 7) is 1.84. The molecule has 0 radical (unpaired) electrons. The van der Waals surface area contributed by atoms with E-state index >= 15 is 0 Å². The Morgan fingerprint density at radius 3 is 2.36 bits per heavy atom. The molecule has 6 nitrogen and oxygen atoms in total. The van der Waals surface area contributed by atoms with E-state index in [9.17, 15) is 4.79 Å². The predicted octanol–water partition coefficient (Wildman–Crippen LogP) is 3.85. The number of para-hydroxylation sites is 1. The largest absolute Gasteiger partial charge is 0.272 e. The van der Waals surface area contributed by atoms with Crippen LogP contribution in [0.2, 0.25) is 0 Å². The molecule has 0 fully saturated rings. The van der Waals surface area contributed by atoms with E-state index in [1.54, 1.807) is 30.9 Å². The van der Waals surface area contributed by atoms with E-state index in [1.165, 1.54) is 0 Å². The van der Waals surface area contributed by atoms with Crippen LogP contribution in [0, 0.1) is 0 Å². The van der Waals surface area contributed by atoms with E-state index in [4.69, 9.17) is 0 Å². The second-order valence-corrected chi connectivity index (χ2v) is 6.18. The van der Waals surface area contributed by atoms with E-state index in [1.807, 2.05) is 55.5 Å². The zero-order valence-electron chi connectivity index (χ0n) is 15.2. The van der Waals surface area contributed by atoms with Crippen LogP contribution in [0.3, 0.4) is 0 Å². The van der Waals surface area contributed by atoms with Crippen LogP contribution in [0.25, 0.3) is 22.2 Å². The summed E-state index contributed by atoms with van der Waals surface area (Å²) in [5.41, 5.74) is 7.12. The molecule has 3 heterocycles. The Hall–Kier alpha value is -3.93. The van der Waals surface area contributed by atoms with Gasteiger partial charge in [-0.3, -0.25) is 14.8 Å². The maximum absolute atomic E-state index is 12.9. The minimum absolute atomic E-state index is 0.290. The van der Waals surface area contributed by atoms with Gasteiger partial charge in [0.15, 0.2) is 0 Å². The molecule has 0 aliphatic carbocycles. The van der Waals surface area contributed by atoms with E-state index < -0.39 is 0 Å². The van der Waals surface area contributed by atoms with E-state index in [-0.39, 0.29) is 5.91 Å². The molecule has 3 aromatic heterocycles. The number of hydrogen-bond acceptors (Lipinski definition) is 5. The highest BCUT2D eigenvalue weighted by Crippen LogP contribution is 2.24. The van der Waals surface area contributed by atoms with Crippen molar-refractivity contribution in [2.24, 2.45) is 5.10 Å². The number of hydrogen-bond donors (Lipinski definition) is 1. The SMILES string of the molecule is C/C(=N/NC(=O)c1cc(-c2ccncc2)nc2ccccc12)c1ccncc1. The molecule has 0 unspecified atom stereocenters. The second-order valence-electron chi connectivity index (χ2n) is 6.18. The lowest BCUT2D eigenvalue weighted by Gasteiger charge is -2.09. The average molecular weight is 367 g/mol. The molecule has 0 saturated heterocycles. The first-order valence-corrected chi connectivity index (χ1v) is 8.77. The third-order valence-corrected chi connectivity index (χ3v) is 4.36. The van der Waals surface area contributed by atoms with Gasteiger partial charge < -0.3 is 0 Å². The molecule has 1 amide bonds. The molecular formula is C22H17N5O. The van der Waals surface area contributed by atoms with Gasteiger partial charge in [0.25, 0.3) is 5.91 Å². The predicted molar refractivity (Wildman–Crippen MR) is 109 cm³/mol. The lowest BCUT2D eigenvalue weighted by atomic mass is 10.0. The molecule has 28 heavy (non-hydrogen) atoms. The summed E-state index contributed by atoms with van der Waals surface area (Å²) in [5, 5.41) is 5.01. The Bertz CT molecular complexity index is 1160. The van der Waals surface area contributed by atoms with E-state index in [2.05, 4.69) is 25.5 Å². The molecule has 0 atom stereocenters. The van der Waals surface area contributed by atoms with Gasteiger partial charge >= 0.3 is 0 Å². The van der Waals surface area contributed by atoms with Crippen molar-refractivity contribution in [3.63, 3.8) is 0 Å². The first-order valence-electron chi connectivity index (χ1n) is 8.77. The van der Waals surface area contributed by atoms with Gasteiger partial charge in [-0.05, 0) is 43.3 Å². The number of benzene rings is 1. The molecule has 0 bridgehead atoms. The molecule has 1 N–H and O–H groups in total. The summed E-state index contributed by atoms with van der Waals surface area (Å²) in [6.07, 6.45) is 6.78. The molecule has 136 valence electrons. The third-order valence-electron chi connectivity index (χ3n) is 4.36. The van der Waals surface area contributed by atoms with Gasteiger partial charge in [-0.25, -0.2) is 10.4 Å². The van der Waals surface area contributed by atoms with Gasteiger partial charge in [0.05, 0.1) is 22.5 Å². The molecule has 0 spiro atoms. The second kappa shape index (κ2) is 7.75. The van der Waals surface area contributed by atoms with Crippen LogP contribution in [-0.2, 0) is 0 Å². The fourth-order valence-corrected chi connectivity index (χ4v) is 2.89. The van der Waals surface area contributed by atoms with Gasteiger partial charge in [0.2, 0.25) is 0 Å². The Labute approximate surface area is 162 Å². The number of nitrogens with one attached hydrogen (secondary N) is 1. The van der Waals surface area contributed by atoms with Crippen molar-refractivity contribution in [1.82, 2.24) is 20.4 Å². The first kappa shape index (κ1) is 17.5. The summed E-state index contributed by atoms with van der Waals surface area (Å²) in [6, 6.07) is 16.8. The lowest BCUT2D eigenvalue weighted by Crippen LogP contribution is -2.20. The van der Waals surface area contributed by atoms with Crippen molar-refractivity contribution in [2.75, 3.05) is 0 Å². The highest BCUT2D eigenvalue weighted by atomic mass is 16.2. The molecule has 6 heteroatoms. The molecular weight excluding hydrogens is 350 g/mol. The molecule has 4 rings (SSSR count). The number of amides is 1. The van der Waals surface area contributed by atoms with Crippen LogP contribution in [0.5, 0.6) is 0 Å². The average Bonchev–Trinajstić information content (AvgIpc) is 2.77. The van der Waals surface area contributed by atoms with E-state index in [0.29, 0.717) is 17.0 Å².